The molecule has 5 rings (SSSR count). The predicted molar refractivity (Wildman–Crippen MR) is 72.9 cm³/mol. The van der Waals surface area contributed by atoms with Gasteiger partial charge in [-0.25, -0.2) is 0 Å². The Hall–Kier alpha value is -2.47. The highest BCUT2D eigenvalue weighted by atomic mass is 16.7. The molecular weight excluding hydrogens is 288 g/mol. The molecule has 3 aliphatic heterocycles. The first-order valence-electron chi connectivity index (χ1n) is 7.06. The molecule has 112 valence electrons. The number of carbonyl (C=O) groups is 1. The van der Waals surface area contributed by atoms with Crippen LogP contribution in [0.1, 0.15) is 11.5 Å². The quantitative estimate of drug-likeness (QED) is 0.772. The van der Waals surface area contributed by atoms with Crippen LogP contribution in [-0.2, 0) is 9.53 Å². The first kappa shape index (κ1) is 12.1. The van der Waals surface area contributed by atoms with Gasteiger partial charge in [0.25, 0.3) is 0 Å². The predicted octanol–water partition coefficient (Wildman–Crippen LogP) is 1.04. The molecular formula is C16H12O6. The molecule has 0 aromatic heterocycles. The maximum atomic E-state index is 11.5. The highest BCUT2D eigenvalue weighted by Crippen LogP contribution is 2.52. The van der Waals surface area contributed by atoms with E-state index in [0.29, 0.717) is 23.9 Å². The van der Waals surface area contributed by atoms with Gasteiger partial charge in [0.1, 0.15) is 17.6 Å². The summed E-state index contributed by atoms with van der Waals surface area (Å²) in [5.41, 5.74) is -0.505. The van der Waals surface area contributed by atoms with Gasteiger partial charge in [-0.1, -0.05) is 0 Å². The van der Waals surface area contributed by atoms with Crippen LogP contribution in [0.25, 0.3) is 0 Å². The van der Waals surface area contributed by atoms with Crippen molar-refractivity contribution >= 4 is 5.78 Å². The number of rotatable bonds is 0. The number of ketones is 1. The Morgan fingerprint density at radius 2 is 1.95 bits per heavy atom. The smallest absolute Gasteiger partial charge is 0.231 e. The highest BCUT2D eigenvalue weighted by Gasteiger charge is 2.55. The van der Waals surface area contributed by atoms with Gasteiger partial charge in [0.2, 0.25) is 6.79 Å². The summed E-state index contributed by atoms with van der Waals surface area (Å²) >= 11 is 0. The molecule has 1 fully saturated rings. The van der Waals surface area contributed by atoms with Gasteiger partial charge in [0.15, 0.2) is 22.9 Å². The number of carbonyl (C=O) groups excluding carboxylic acids is 1. The molecule has 3 atom stereocenters. The van der Waals surface area contributed by atoms with Crippen molar-refractivity contribution in [1.29, 1.82) is 0 Å². The van der Waals surface area contributed by atoms with Crippen molar-refractivity contribution < 1.29 is 28.8 Å². The van der Waals surface area contributed by atoms with Crippen LogP contribution in [0.2, 0.25) is 0 Å². The minimum absolute atomic E-state index is 0.135. The van der Waals surface area contributed by atoms with E-state index in [1.54, 1.807) is 6.07 Å². The molecule has 1 aromatic carbocycles. The molecule has 6 heteroatoms. The van der Waals surface area contributed by atoms with Crippen LogP contribution < -0.4 is 14.2 Å². The number of aliphatic hydroxyl groups is 1. The van der Waals surface area contributed by atoms with Crippen LogP contribution in [0.5, 0.6) is 17.2 Å². The van der Waals surface area contributed by atoms with E-state index in [9.17, 15) is 9.90 Å². The van der Waals surface area contributed by atoms with Crippen LogP contribution in [0, 0.1) is 0 Å². The molecule has 3 heterocycles. The Bertz CT molecular complexity index is 764. The molecule has 0 radical (unpaired) electrons. The number of hydrogen-bond acceptors (Lipinski definition) is 6. The average Bonchev–Trinajstić information content (AvgIpc) is 3.10. The number of benzene rings is 1. The largest absolute Gasteiger partial charge is 0.493 e. The molecule has 0 saturated carbocycles. The van der Waals surface area contributed by atoms with Crippen molar-refractivity contribution in [1.82, 2.24) is 0 Å². The van der Waals surface area contributed by atoms with E-state index in [-0.39, 0.29) is 24.3 Å². The second-order valence-corrected chi connectivity index (χ2v) is 5.77. The van der Waals surface area contributed by atoms with Crippen molar-refractivity contribution in [3.63, 3.8) is 0 Å². The van der Waals surface area contributed by atoms with Gasteiger partial charge >= 0.3 is 0 Å². The Kier molecular flexibility index (Phi) is 2.11. The fourth-order valence-corrected chi connectivity index (χ4v) is 3.44. The molecule has 0 spiro atoms. The lowest BCUT2D eigenvalue weighted by atomic mass is 9.79. The normalized spacial score (nSPS) is 33.3. The Labute approximate surface area is 125 Å². The fraction of sp³-hybridized carbons (Fsp3) is 0.312. The second kappa shape index (κ2) is 3.84. The van der Waals surface area contributed by atoms with E-state index >= 15 is 0 Å². The van der Waals surface area contributed by atoms with Crippen molar-refractivity contribution in [2.45, 2.75) is 17.6 Å². The molecule has 1 saturated heterocycles. The molecule has 6 nitrogen and oxygen atoms in total. The zero-order chi connectivity index (χ0) is 14.9. The summed E-state index contributed by atoms with van der Waals surface area (Å²) < 4.78 is 22.4. The van der Waals surface area contributed by atoms with Gasteiger partial charge in [0.05, 0.1) is 12.5 Å². The summed E-state index contributed by atoms with van der Waals surface area (Å²) in [6.45, 7) is 0.539. The fourth-order valence-electron chi connectivity index (χ4n) is 3.44. The lowest BCUT2D eigenvalue weighted by molar-refractivity contribution is -0.113. The van der Waals surface area contributed by atoms with E-state index < -0.39 is 11.7 Å². The van der Waals surface area contributed by atoms with Gasteiger partial charge in [-0.3, -0.25) is 4.79 Å². The maximum Gasteiger partial charge on any atom is 0.231 e. The molecule has 22 heavy (non-hydrogen) atoms. The summed E-state index contributed by atoms with van der Waals surface area (Å²) in [4.78, 5) is 11.5. The van der Waals surface area contributed by atoms with Crippen LogP contribution in [0.15, 0.2) is 36.1 Å². The maximum absolute atomic E-state index is 11.5. The molecule has 0 bridgehead atoms. The zero-order valence-corrected chi connectivity index (χ0v) is 11.4. The number of hydrogen-bond donors (Lipinski definition) is 1. The van der Waals surface area contributed by atoms with Crippen LogP contribution in [-0.4, -0.2) is 36.0 Å². The number of fused-ring (bicyclic) bond motifs is 6. The first-order chi connectivity index (χ1) is 10.6. The minimum atomic E-state index is -1.43. The molecule has 0 amide bonds. The lowest BCUT2D eigenvalue weighted by Gasteiger charge is -2.41. The summed E-state index contributed by atoms with van der Waals surface area (Å²) in [6, 6.07) is 3.65. The van der Waals surface area contributed by atoms with E-state index in [1.807, 2.05) is 6.07 Å². The summed E-state index contributed by atoms with van der Waals surface area (Å²) in [6.07, 6.45) is 3.57. The Morgan fingerprint density at radius 3 is 2.82 bits per heavy atom. The molecule has 1 aromatic rings. The highest BCUT2D eigenvalue weighted by molar-refractivity contribution is 6.01. The lowest BCUT2D eigenvalue weighted by Crippen LogP contribution is -2.53. The Balaban J connectivity index is 1.60. The van der Waals surface area contributed by atoms with Crippen molar-refractivity contribution in [2.24, 2.45) is 0 Å². The average molecular weight is 300 g/mol. The second-order valence-electron chi connectivity index (χ2n) is 5.77. The van der Waals surface area contributed by atoms with E-state index in [1.165, 1.54) is 18.2 Å². The zero-order valence-electron chi connectivity index (χ0n) is 11.4. The number of allylic oxidation sites excluding steroid dienone is 2. The third kappa shape index (κ3) is 1.40. The van der Waals surface area contributed by atoms with Crippen LogP contribution in [0.3, 0.4) is 0 Å². The first-order valence-corrected chi connectivity index (χ1v) is 7.06. The van der Waals surface area contributed by atoms with Crippen LogP contribution >= 0.6 is 0 Å². The van der Waals surface area contributed by atoms with Gasteiger partial charge in [-0.2, -0.15) is 0 Å². The van der Waals surface area contributed by atoms with E-state index in [4.69, 9.17) is 18.9 Å². The molecule has 4 aliphatic rings. The van der Waals surface area contributed by atoms with Gasteiger partial charge in [-0.15, -0.1) is 0 Å². The van der Waals surface area contributed by atoms with Crippen molar-refractivity contribution in [3.8, 4) is 17.2 Å². The van der Waals surface area contributed by atoms with Gasteiger partial charge in [-0.05, 0) is 18.2 Å². The molecule has 1 aliphatic carbocycles. The van der Waals surface area contributed by atoms with Crippen molar-refractivity contribution in [3.05, 3.63) is 41.7 Å². The standard InChI is InChI=1S/C16H12O6/c17-8-1-2-16(18)14(3-8)19-6-10-9-4-12-13(21-7-20-12)5-11(9)22-15(10)16/h1-5,10,15,18H,6-7H2/t10-,15+,16?/m0/s1. The summed E-state index contributed by atoms with van der Waals surface area (Å²) in [5.74, 6) is 1.87. The Morgan fingerprint density at radius 1 is 1.14 bits per heavy atom. The van der Waals surface area contributed by atoms with E-state index in [0.717, 1.165) is 5.56 Å². The number of ether oxygens (including phenoxy) is 4. The SMILES string of the molecule is O=C1C=CC2(O)C(=C1)OC[C@H]1c3cc4c(cc3O[C@H]12)OCO4. The third-order valence-electron chi connectivity index (χ3n) is 4.55. The van der Waals surface area contributed by atoms with Gasteiger partial charge in [0, 0.05) is 17.7 Å². The minimum Gasteiger partial charge on any atom is -0.493 e. The van der Waals surface area contributed by atoms with Crippen molar-refractivity contribution in [2.75, 3.05) is 13.4 Å². The topological polar surface area (TPSA) is 74.2 Å². The molecule has 1 unspecified atom stereocenters. The summed E-state index contributed by atoms with van der Waals surface area (Å²) in [7, 11) is 0. The monoisotopic (exact) mass is 300 g/mol. The van der Waals surface area contributed by atoms with Crippen LogP contribution in [0.4, 0.5) is 0 Å². The molecule has 1 N–H and O–H groups in total. The van der Waals surface area contributed by atoms with Gasteiger partial charge < -0.3 is 24.1 Å². The third-order valence-corrected chi connectivity index (χ3v) is 4.55. The summed E-state index contributed by atoms with van der Waals surface area (Å²) in [5, 5.41) is 10.9. The van der Waals surface area contributed by atoms with E-state index in [2.05, 4.69) is 0 Å².